The topological polar surface area (TPSA) is 0 Å². The summed E-state index contributed by atoms with van der Waals surface area (Å²) in [5, 5.41) is 1.45. The first-order valence-corrected chi connectivity index (χ1v) is 9.13. The van der Waals surface area contributed by atoms with Crippen LogP contribution in [0.2, 0.25) is 5.21 Å². The van der Waals surface area contributed by atoms with E-state index in [1.54, 1.807) is 0 Å². The Morgan fingerprint density at radius 2 is 2.60 bits per heavy atom. The van der Waals surface area contributed by atoms with Gasteiger partial charge in [0.1, 0.15) is 0 Å². The molecule has 0 aromatic rings. The molecule has 0 N–H and O–H groups in total. The van der Waals surface area contributed by atoms with Crippen LogP contribution in [0.5, 0.6) is 0 Å². The molecule has 0 bridgehead atoms. The second-order valence-corrected chi connectivity index (χ2v) is 8.90. The zero-order chi connectivity index (χ0) is 3.54. The molecule has 0 amide bonds. The van der Waals surface area contributed by atoms with E-state index in [0.29, 0.717) is 0 Å². The van der Waals surface area contributed by atoms with Gasteiger partial charge in [0.05, 0.1) is 0 Å². The summed E-state index contributed by atoms with van der Waals surface area (Å²) in [5.74, 6) is 0. The molecule has 0 atom stereocenters. The molecular weight excluding hydrogens is 186 g/mol. The Hall–Kier alpha value is 0.857. The average Bonchev–Trinajstić information content (AvgIpc) is 1.76. The number of hydrogen-bond donors (Lipinski definition) is 0. The number of allylic oxidation sites excluding steroid dienone is 1. The van der Waals surface area contributed by atoms with E-state index in [1.165, 1.54) is 5.21 Å². The van der Waals surface area contributed by atoms with Gasteiger partial charge in [0.2, 0.25) is 0 Å². The predicted octanol–water partition coefficient (Wildman–Crippen LogP) is 0.255. The molecule has 0 aromatic heterocycles. The first-order chi connectivity index (χ1) is 2.50. The third kappa shape index (κ3) is 1.16. The average molecular weight is 190 g/mol. The molecule has 5 heavy (non-hydrogen) atoms. The van der Waals surface area contributed by atoms with Crippen molar-refractivity contribution in [1.82, 2.24) is 0 Å². The van der Waals surface area contributed by atoms with Crippen LogP contribution < -0.4 is 0 Å². The van der Waals surface area contributed by atoms with E-state index in [4.69, 9.17) is 0 Å². The van der Waals surface area contributed by atoms with Crippen molar-refractivity contribution in [2.75, 3.05) is 0 Å². The maximum absolute atomic E-state index is 2.37. The van der Waals surface area contributed by atoms with Crippen molar-refractivity contribution in [3.05, 3.63) is 10.9 Å². The van der Waals surface area contributed by atoms with E-state index in [1.807, 2.05) is 0 Å². The molecule has 1 heterocycles. The van der Waals surface area contributed by atoms with Gasteiger partial charge in [-0.3, -0.25) is 0 Å². The molecule has 1 aliphatic heterocycles. The van der Waals surface area contributed by atoms with Gasteiger partial charge < -0.3 is 0 Å². The number of hydrogen-bond acceptors (Lipinski definition) is 0. The Morgan fingerprint density at radius 1 is 1.60 bits per heavy atom. The molecule has 0 aliphatic carbocycles. The Labute approximate surface area is 42.6 Å². The fraction of sp³-hybridized carbons (Fsp3) is 0.333. The molecular formula is C3H4As2. The van der Waals surface area contributed by atoms with Crippen LogP contribution in [0.3, 0.4) is 0 Å². The summed E-state index contributed by atoms with van der Waals surface area (Å²) in [4.78, 5) is 2.37. The van der Waals surface area contributed by atoms with Crippen molar-refractivity contribution in [1.29, 1.82) is 0 Å². The van der Waals surface area contributed by atoms with Gasteiger partial charge in [0.25, 0.3) is 0 Å². The predicted molar refractivity (Wildman–Crippen MR) is 25.5 cm³/mol. The van der Waals surface area contributed by atoms with Gasteiger partial charge in [-0.25, -0.2) is 0 Å². The molecule has 0 aromatic carbocycles. The third-order valence-electron chi connectivity index (χ3n) is 0.441. The molecule has 0 fully saturated rings. The third-order valence-corrected chi connectivity index (χ3v) is 7.30. The summed E-state index contributed by atoms with van der Waals surface area (Å²) < 4.78 is 0. The molecule has 1 aliphatic rings. The Morgan fingerprint density at radius 3 is 2.80 bits per heavy atom. The zero-order valence-corrected chi connectivity index (χ0v) is 6.51. The first-order valence-electron chi connectivity index (χ1n) is 1.52. The van der Waals surface area contributed by atoms with Crippen LogP contribution in [-0.2, 0) is 0 Å². The SMILES string of the molecule is C1=C[As]=[As]C1. The second-order valence-electron chi connectivity index (χ2n) is 0.824. The summed E-state index contributed by atoms with van der Waals surface area (Å²) in [7, 11) is 0. The van der Waals surface area contributed by atoms with Gasteiger partial charge >= 0.3 is 42.4 Å². The summed E-state index contributed by atoms with van der Waals surface area (Å²) >= 11 is 1.60. The van der Waals surface area contributed by atoms with Crippen molar-refractivity contribution in [2.24, 2.45) is 0 Å². The van der Waals surface area contributed by atoms with Crippen LogP contribution in [0.1, 0.15) is 0 Å². The maximum atomic E-state index is 2.37. The first kappa shape index (κ1) is 4.03. The molecule has 0 saturated carbocycles. The van der Waals surface area contributed by atoms with E-state index in [-0.39, 0.29) is 0 Å². The van der Waals surface area contributed by atoms with E-state index >= 15 is 0 Å². The molecule has 0 unspecified atom stereocenters. The van der Waals surface area contributed by atoms with Gasteiger partial charge in [0, 0.05) is 0 Å². The van der Waals surface area contributed by atoms with Crippen LogP contribution in [0, 0.1) is 0 Å². The van der Waals surface area contributed by atoms with E-state index in [9.17, 15) is 0 Å². The normalized spacial score (nSPS) is 24.0. The van der Waals surface area contributed by atoms with Crippen LogP contribution in [0.15, 0.2) is 10.9 Å². The number of rotatable bonds is 0. The van der Waals surface area contributed by atoms with Crippen LogP contribution in [-0.4, -0.2) is 26.3 Å². The summed E-state index contributed by atoms with van der Waals surface area (Å²) in [6, 6.07) is 0. The quantitative estimate of drug-likeness (QED) is 0.480. The molecule has 2 heteroatoms. The van der Waals surface area contributed by atoms with Crippen molar-refractivity contribution in [3.63, 3.8) is 0 Å². The van der Waals surface area contributed by atoms with E-state index in [2.05, 4.69) is 10.9 Å². The van der Waals surface area contributed by atoms with Crippen LogP contribution in [0.25, 0.3) is 0 Å². The minimum atomic E-state index is 0.767. The second kappa shape index (κ2) is 2.11. The van der Waals surface area contributed by atoms with Crippen LogP contribution >= 0.6 is 0 Å². The minimum absolute atomic E-state index is 0.767. The summed E-state index contributed by atoms with van der Waals surface area (Å²) in [5.41, 5.74) is 0. The standard InChI is InChI=1S/C3H4As2/c1-2-4-5-3-1/h1-2H,3H2. The Balaban J connectivity index is 2.61. The van der Waals surface area contributed by atoms with Gasteiger partial charge in [-0.15, -0.1) is 0 Å². The molecule has 0 saturated heterocycles. The molecule has 1 rings (SSSR count). The van der Waals surface area contributed by atoms with Gasteiger partial charge in [0.15, 0.2) is 0 Å². The fourth-order valence-corrected chi connectivity index (χ4v) is 6.36. The fourth-order valence-electron chi connectivity index (χ4n) is 0.236. The van der Waals surface area contributed by atoms with Gasteiger partial charge in [-0.05, 0) is 0 Å². The van der Waals surface area contributed by atoms with E-state index < -0.39 is 0 Å². The Bertz CT molecular complexity index is 63.0. The summed E-state index contributed by atoms with van der Waals surface area (Å²) in [6.45, 7) is 0. The molecule has 0 radical (unpaired) electrons. The molecule has 0 spiro atoms. The van der Waals surface area contributed by atoms with Gasteiger partial charge in [-0.1, -0.05) is 0 Å². The Kier molecular flexibility index (Phi) is 1.70. The van der Waals surface area contributed by atoms with Crippen molar-refractivity contribution < 1.29 is 0 Å². The zero-order valence-electron chi connectivity index (χ0n) is 2.76. The monoisotopic (exact) mass is 190 g/mol. The van der Waals surface area contributed by atoms with Crippen molar-refractivity contribution in [3.8, 4) is 0 Å². The van der Waals surface area contributed by atoms with E-state index in [0.717, 1.165) is 26.3 Å². The van der Waals surface area contributed by atoms with Crippen molar-refractivity contribution >= 4 is 26.3 Å². The van der Waals surface area contributed by atoms with Gasteiger partial charge in [-0.2, -0.15) is 0 Å². The summed E-state index contributed by atoms with van der Waals surface area (Å²) in [6.07, 6.45) is 2.32. The molecule has 26 valence electrons. The van der Waals surface area contributed by atoms with Crippen LogP contribution in [0.4, 0.5) is 0 Å². The molecule has 0 nitrogen and oxygen atoms in total. The van der Waals surface area contributed by atoms with Crippen molar-refractivity contribution in [2.45, 2.75) is 5.21 Å².